The Kier molecular flexibility index (Phi) is 7.72. The molecule has 0 saturated heterocycles. The van der Waals surface area contributed by atoms with E-state index < -0.39 is 0 Å². The van der Waals surface area contributed by atoms with Crippen molar-refractivity contribution in [3.8, 4) is 16.8 Å². The first-order valence-corrected chi connectivity index (χ1v) is 9.20. The summed E-state index contributed by atoms with van der Waals surface area (Å²) in [5.41, 5.74) is 4.24. The summed E-state index contributed by atoms with van der Waals surface area (Å²) in [4.78, 5) is 12.4. The minimum Gasteiger partial charge on any atom is -0.349 e. The van der Waals surface area contributed by atoms with E-state index in [1.165, 1.54) is 0 Å². The molecular formula is C21H26ClN5O. The summed E-state index contributed by atoms with van der Waals surface area (Å²) in [6.07, 6.45) is 0. The van der Waals surface area contributed by atoms with E-state index in [9.17, 15) is 4.79 Å². The molecule has 3 aromatic rings. The van der Waals surface area contributed by atoms with Crippen molar-refractivity contribution in [2.75, 3.05) is 13.1 Å². The quantitative estimate of drug-likeness (QED) is 0.638. The predicted molar refractivity (Wildman–Crippen MR) is 114 cm³/mol. The number of rotatable bonds is 7. The molecule has 2 N–H and O–H groups in total. The molecule has 148 valence electrons. The molecule has 2 aromatic carbocycles. The number of hydrogen-bond acceptors (Lipinski definition) is 4. The Morgan fingerprint density at radius 1 is 1.07 bits per heavy atom. The molecule has 1 aromatic heterocycles. The van der Waals surface area contributed by atoms with Crippen LogP contribution in [0.2, 0.25) is 0 Å². The molecule has 0 aliphatic carbocycles. The monoisotopic (exact) mass is 399 g/mol. The number of nitrogens with zero attached hydrogens (tertiary/aromatic N) is 3. The van der Waals surface area contributed by atoms with Crippen molar-refractivity contribution < 1.29 is 4.79 Å². The van der Waals surface area contributed by atoms with Gasteiger partial charge in [-0.25, -0.2) is 4.68 Å². The number of benzene rings is 2. The van der Waals surface area contributed by atoms with Gasteiger partial charge >= 0.3 is 0 Å². The van der Waals surface area contributed by atoms with Crippen molar-refractivity contribution in [3.05, 3.63) is 66.0 Å². The van der Waals surface area contributed by atoms with Crippen molar-refractivity contribution in [1.29, 1.82) is 0 Å². The fraction of sp³-hybridized carbons (Fsp3) is 0.286. The molecule has 0 radical (unpaired) electrons. The molecule has 1 atom stereocenters. The topological polar surface area (TPSA) is 71.8 Å². The Morgan fingerprint density at radius 2 is 1.71 bits per heavy atom. The van der Waals surface area contributed by atoms with Crippen LogP contribution in [0.25, 0.3) is 16.8 Å². The van der Waals surface area contributed by atoms with Gasteiger partial charge in [-0.1, -0.05) is 54.6 Å². The average Bonchev–Trinajstić information content (AvgIpc) is 3.08. The van der Waals surface area contributed by atoms with E-state index in [4.69, 9.17) is 0 Å². The molecule has 0 spiro atoms. The third kappa shape index (κ3) is 4.97. The van der Waals surface area contributed by atoms with E-state index in [0.717, 1.165) is 29.1 Å². The van der Waals surface area contributed by atoms with Gasteiger partial charge in [0.2, 0.25) is 0 Å². The molecule has 0 saturated carbocycles. The second-order valence-corrected chi connectivity index (χ2v) is 6.52. The van der Waals surface area contributed by atoms with Crippen LogP contribution < -0.4 is 10.6 Å². The lowest BCUT2D eigenvalue weighted by molar-refractivity contribution is 0.0944. The van der Waals surface area contributed by atoms with Crippen molar-refractivity contribution >= 4 is 18.3 Å². The molecule has 0 bridgehead atoms. The lowest BCUT2D eigenvalue weighted by atomic mass is 10.1. The van der Waals surface area contributed by atoms with Gasteiger partial charge in [0.15, 0.2) is 5.69 Å². The lowest BCUT2D eigenvalue weighted by Crippen LogP contribution is -2.39. The number of carbonyl (C=O) groups excluding carboxylic acids is 1. The van der Waals surface area contributed by atoms with Gasteiger partial charge in [0.25, 0.3) is 5.91 Å². The third-order valence-corrected chi connectivity index (χ3v) is 4.45. The molecule has 7 heteroatoms. The van der Waals surface area contributed by atoms with Crippen LogP contribution in [0.1, 0.15) is 30.0 Å². The van der Waals surface area contributed by atoms with Crippen molar-refractivity contribution in [3.63, 3.8) is 0 Å². The van der Waals surface area contributed by atoms with Crippen LogP contribution in [0.4, 0.5) is 0 Å². The maximum absolute atomic E-state index is 12.4. The smallest absolute Gasteiger partial charge is 0.273 e. The average molecular weight is 400 g/mol. The van der Waals surface area contributed by atoms with E-state index in [1.807, 2.05) is 63.2 Å². The van der Waals surface area contributed by atoms with Crippen LogP contribution in [0.15, 0.2) is 54.6 Å². The summed E-state index contributed by atoms with van der Waals surface area (Å²) in [6.45, 7) is 7.34. The fourth-order valence-electron chi connectivity index (χ4n) is 2.96. The maximum atomic E-state index is 12.4. The van der Waals surface area contributed by atoms with Gasteiger partial charge in [0.1, 0.15) is 0 Å². The summed E-state index contributed by atoms with van der Waals surface area (Å²) < 4.78 is 1.69. The number of amides is 1. The van der Waals surface area contributed by atoms with E-state index in [0.29, 0.717) is 12.2 Å². The minimum absolute atomic E-state index is 0. The normalized spacial score (nSPS) is 11.5. The highest BCUT2D eigenvalue weighted by atomic mass is 35.5. The highest BCUT2D eigenvalue weighted by Gasteiger charge is 2.17. The zero-order valence-electron chi connectivity index (χ0n) is 16.3. The van der Waals surface area contributed by atoms with Crippen LogP contribution >= 0.6 is 12.4 Å². The number of aromatic nitrogens is 3. The zero-order chi connectivity index (χ0) is 19.2. The molecule has 3 rings (SSSR count). The number of hydrogen-bond donors (Lipinski definition) is 2. The molecule has 6 nitrogen and oxygen atoms in total. The lowest BCUT2D eigenvalue weighted by Gasteiger charge is -2.12. The summed E-state index contributed by atoms with van der Waals surface area (Å²) in [5, 5.41) is 14.4. The fourth-order valence-corrected chi connectivity index (χ4v) is 2.96. The highest BCUT2D eigenvalue weighted by Crippen LogP contribution is 2.21. The maximum Gasteiger partial charge on any atom is 0.273 e. The molecule has 0 unspecified atom stereocenters. The Balaban J connectivity index is 0.00000280. The molecule has 1 amide bonds. The van der Waals surface area contributed by atoms with Crippen molar-refractivity contribution in [1.82, 2.24) is 25.6 Å². The van der Waals surface area contributed by atoms with Gasteiger partial charge in [-0.15, -0.1) is 17.5 Å². The molecule has 28 heavy (non-hydrogen) atoms. The molecule has 0 aliphatic heterocycles. The number of likely N-dealkylation sites (N-methyl/N-ethyl adjacent to an activating group) is 1. The first-order valence-electron chi connectivity index (χ1n) is 9.20. The molecule has 0 aliphatic rings. The Morgan fingerprint density at radius 3 is 2.36 bits per heavy atom. The number of halogens is 1. The summed E-state index contributed by atoms with van der Waals surface area (Å²) >= 11 is 0. The summed E-state index contributed by atoms with van der Waals surface area (Å²) in [7, 11) is 0. The van der Waals surface area contributed by atoms with Gasteiger partial charge in [0.05, 0.1) is 11.4 Å². The number of nitrogens with one attached hydrogen (secondary N) is 2. The minimum atomic E-state index is -0.204. The largest absolute Gasteiger partial charge is 0.349 e. The van der Waals surface area contributed by atoms with Gasteiger partial charge in [-0.05, 0) is 43.7 Å². The summed E-state index contributed by atoms with van der Waals surface area (Å²) in [6, 6.07) is 18.5. The molecule has 0 fully saturated rings. The van der Waals surface area contributed by atoms with Crippen LogP contribution in [0.5, 0.6) is 0 Å². The number of carbonyl (C=O) groups is 1. The zero-order valence-corrected chi connectivity index (χ0v) is 17.2. The van der Waals surface area contributed by atoms with Gasteiger partial charge in [-0.2, -0.15) is 0 Å². The highest BCUT2D eigenvalue weighted by molar-refractivity contribution is 5.93. The van der Waals surface area contributed by atoms with Crippen LogP contribution in [-0.4, -0.2) is 40.0 Å². The summed E-state index contributed by atoms with van der Waals surface area (Å²) in [5.74, 6) is -0.204. The molecule has 1 heterocycles. The van der Waals surface area contributed by atoms with Crippen LogP contribution in [0, 0.1) is 6.92 Å². The molecular weight excluding hydrogens is 374 g/mol. The Bertz CT molecular complexity index is 893. The van der Waals surface area contributed by atoms with Crippen LogP contribution in [0.3, 0.4) is 0 Å². The van der Waals surface area contributed by atoms with Gasteiger partial charge in [0, 0.05) is 12.6 Å². The van der Waals surface area contributed by atoms with E-state index in [1.54, 1.807) is 4.68 Å². The Labute approximate surface area is 171 Å². The van der Waals surface area contributed by atoms with E-state index >= 15 is 0 Å². The van der Waals surface area contributed by atoms with Gasteiger partial charge in [-0.3, -0.25) is 4.79 Å². The first-order chi connectivity index (χ1) is 13.1. The third-order valence-electron chi connectivity index (χ3n) is 4.45. The standard InChI is InChI=1S/C21H25N5O.ClH/c1-4-22-15(2)14-23-21(27)20-16(3)26(25-24-20)19-12-10-18(11-13-19)17-8-6-5-7-9-17;/h5-13,15,22H,4,14H2,1-3H3,(H,23,27);1H/t15-;/m1./s1. The van der Waals surface area contributed by atoms with Crippen molar-refractivity contribution in [2.45, 2.75) is 26.8 Å². The Hall–Kier alpha value is -2.70. The van der Waals surface area contributed by atoms with E-state index in [2.05, 4.69) is 33.1 Å². The van der Waals surface area contributed by atoms with E-state index in [-0.39, 0.29) is 24.4 Å². The van der Waals surface area contributed by atoms with Crippen LogP contribution in [-0.2, 0) is 0 Å². The van der Waals surface area contributed by atoms with Crippen molar-refractivity contribution in [2.24, 2.45) is 0 Å². The van der Waals surface area contributed by atoms with Gasteiger partial charge < -0.3 is 10.6 Å². The second-order valence-electron chi connectivity index (χ2n) is 6.52. The SMILES string of the molecule is CCN[C@H](C)CNC(=O)c1nnn(-c2ccc(-c3ccccc3)cc2)c1C.Cl. The second kappa shape index (κ2) is 10.0. The first kappa shape index (κ1) is 21.6. The predicted octanol–water partition coefficient (Wildman–Crippen LogP) is 3.39.